The molecule has 46 heavy (non-hydrogen) atoms. The summed E-state index contributed by atoms with van der Waals surface area (Å²) in [6, 6.07) is 13.1. The fraction of sp³-hybridized carbons (Fsp3) is 0.650. The Kier molecular flexibility index (Phi) is 12.0. The van der Waals surface area contributed by atoms with Crippen molar-refractivity contribution >= 4 is 12.7 Å². The summed E-state index contributed by atoms with van der Waals surface area (Å²) >= 11 is 0. The number of carbonyl (C=O) groups is 2. The molecule has 0 heterocycles. The van der Waals surface area contributed by atoms with Crippen LogP contribution in [0, 0.1) is 22.7 Å². The van der Waals surface area contributed by atoms with Crippen molar-refractivity contribution in [2.75, 3.05) is 20.2 Å². The molecule has 4 aliphatic rings. The molecule has 0 spiro atoms. The summed E-state index contributed by atoms with van der Waals surface area (Å²) in [5, 5.41) is 15.5. The molecule has 0 bridgehead atoms. The molecule has 254 valence electrons. The second kappa shape index (κ2) is 15.4. The predicted octanol–water partition coefficient (Wildman–Crippen LogP) is 7.88. The van der Waals surface area contributed by atoms with Crippen LogP contribution in [-0.4, -0.2) is 44.0 Å². The SMILES string of the molecule is CC(C)NCCOc1ccc2c(c1)C1CCCC(C)(C)C1CC2.CC12CCC[C@](C)(C=O)C1CCc1ccc(O)cc12.CNC=O. The first-order valence-corrected chi connectivity index (χ1v) is 17.8. The standard InChI is InChI=1S/C21H33NO.C17H22O2.C2H5NO/c1-15(2)22-12-13-23-17-9-7-16-8-10-20-18(19(16)14-17)6-5-11-21(20,3)4;1-16(11-18)8-3-9-17(2)14-10-13(19)6-4-12(14)5-7-15(16)17;1-3-2-4/h7,9,14-15,18,20,22H,5-6,8,10-13H2,1-4H3;4,6,10-11,15,19H,3,5,7-9H2,1-2H3;2H,1H3,(H,3,4)/t;15?,16-,17?;/m.1./s1. The summed E-state index contributed by atoms with van der Waals surface area (Å²) in [5.74, 6) is 3.40. The maximum absolute atomic E-state index is 11.6. The third-order valence-corrected chi connectivity index (χ3v) is 11.8. The zero-order chi connectivity index (χ0) is 33.5. The van der Waals surface area contributed by atoms with E-state index in [1.165, 1.54) is 49.5 Å². The van der Waals surface area contributed by atoms with E-state index in [2.05, 4.69) is 76.4 Å². The lowest BCUT2D eigenvalue weighted by Gasteiger charge is -2.53. The number of aromatic hydroxyl groups is 1. The van der Waals surface area contributed by atoms with E-state index in [9.17, 15) is 9.90 Å². The number of nitrogens with one attached hydrogen (secondary N) is 2. The highest BCUT2D eigenvalue weighted by Crippen LogP contribution is 2.57. The van der Waals surface area contributed by atoms with Gasteiger partial charge in [-0.1, -0.05) is 66.5 Å². The van der Waals surface area contributed by atoms with Gasteiger partial charge in [0, 0.05) is 25.0 Å². The Bertz CT molecular complexity index is 1320. The molecule has 6 heteroatoms. The lowest BCUT2D eigenvalue weighted by molar-refractivity contribution is -0.123. The van der Waals surface area contributed by atoms with Gasteiger partial charge < -0.3 is 25.3 Å². The van der Waals surface area contributed by atoms with E-state index in [-0.39, 0.29) is 10.8 Å². The summed E-state index contributed by atoms with van der Waals surface area (Å²) in [6.07, 6.45) is 13.9. The van der Waals surface area contributed by atoms with Crippen molar-refractivity contribution in [1.29, 1.82) is 0 Å². The molecule has 0 saturated heterocycles. The van der Waals surface area contributed by atoms with Gasteiger partial charge >= 0.3 is 0 Å². The molecule has 5 atom stereocenters. The number of aryl methyl sites for hydroxylation is 2. The second-order valence-electron chi connectivity index (χ2n) is 15.7. The van der Waals surface area contributed by atoms with Crippen molar-refractivity contribution in [1.82, 2.24) is 10.6 Å². The highest BCUT2D eigenvalue weighted by atomic mass is 16.5. The molecular formula is C40H60N2O4. The number of amides is 1. The average Bonchev–Trinajstić information content (AvgIpc) is 3.03. The van der Waals surface area contributed by atoms with Crippen LogP contribution in [0.15, 0.2) is 36.4 Å². The van der Waals surface area contributed by atoms with Gasteiger partial charge in [0.1, 0.15) is 24.4 Å². The minimum absolute atomic E-state index is 0.0419. The molecular weight excluding hydrogens is 572 g/mol. The molecule has 4 aliphatic carbocycles. The zero-order valence-corrected chi connectivity index (χ0v) is 29.6. The zero-order valence-electron chi connectivity index (χ0n) is 29.6. The molecule has 2 saturated carbocycles. The fourth-order valence-corrected chi connectivity index (χ4v) is 9.37. The normalized spacial score (nSPS) is 28.7. The number of rotatable bonds is 7. The molecule has 2 fully saturated rings. The summed E-state index contributed by atoms with van der Waals surface area (Å²) < 4.78 is 5.99. The minimum atomic E-state index is -0.198. The van der Waals surface area contributed by atoms with Gasteiger partial charge in [-0.2, -0.15) is 0 Å². The number of fused-ring (bicyclic) bond motifs is 6. The third kappa shape index (κ3) is 7.98. The number of phenolic OH excluding ortho intramolecular Hbond substituents is 1. The van der Waals surface area contributed by atoms with Crippen molar-refractivity contribution in [2.45, 2.75) is 123 Å². The van der Waals surface area contributed by atoms with Crippen molar-refractivity contribution in [3.63, 3.8) is 0 Å². The van der Waals surface area contributed by atoms with Crippen LogP contribution >= 0.6 is 0 Å². The number of benzene rings is 2. The molecule has 1 amide bonds. The molecule has 0 aromatic heterocycles. The Morgan fingerprint density at radius 1 is 0.935 bits per heavy atom. The van der Waals surface area contributed by atoms with Crippen molar-refractivity contribution in [3.8, 4) is 11.5 Å². The van der Waals surface area contributed by atoms with Gasteiger partial charge in [0.2, 0.25) is 6.41 Å². The van der Waals surface area contributed by atoms with E-state index in [4.69, 9.17) is 9.53 Å². The lowest BCUT2D eigenvalue weighted by atomic mass is 9.50. The van der Waals surface area contributed by atoms with Crippen molar-refractivity contribution in [2.24, 2.45) is 22.7 Å². The maximum Gasteiger partial charge on any atom is 0.206 e. The smallest absolute Gasteiger partial charge is 0.206 e. The predicted molar refractivity (Wildman–Crippen MR) is 188 cm³/mol. The molecule has 2 aromatic carbocycles. The molecule has 3 N–H and O–H groups in total. The Labute approximate surface area is 278 Å². The monoisotopic (exact) mass is 632 g/mol. The summed E-state index contributed by atoms with van der Waals surface area (Å²) in [4.78, 5) is 20.7. The lowest BCUT2D eigenvalue weighted by Crippen LogP contribution is -2.49. The molecule has 6 rings (SSSR count). The van der Waals surface area contributed by atoms with Gasteiger partial charge in [0.15, 0.2) is 0 Å². The Morgan fingerprint density at radius 2 is 1.65 bits per heavy atom. The van der Waals surface area contributed by atoms with Crippen LogP contribution in [0.25, 0.3) is 0 Å². The first-order valence-electron chi connectivity index (χ1n) is 17.8. The number of aldehydes is 1. The number of carbonyl (C=O) groups excluding carboxylic acids is 2. The third-order valence-electron chi connectivity index (χ3n) is 11.8. The van der Waals surface area contributed by atoms with Gasteiger partial charge in [-0.15, -0.1) is 0 Å². The van der Waals surface area contributed by atoms with Crippen LogP contribution in [0.4, 0.5) is 0 Å². The first-order chi connectivity index (χ1) is 21.9. The summed E-state index contributed by atoms with van der Waals surface area (Å²) in [5.41, 5.74) is 6.12. The Morgan fingerprint density at radius 3 is 2.35 bits per heavy atom. The molecule has 6 nitrogen and oxygen atoms in total. The van der Waals surface area contributed by atoms with Crippen LogP contribution in [0.5, 0.6) is 11.5 Å². The highest BCUT2D eigenvalue weighted by molar-refractivity contribution is 5.61. The van der Waals surface area contributed by atoms with Crippen LogP contribution in [0.1, 0.15) is 121 Å². The van der Waals surface area contributed by atoms with Crippen LogP contribution in [-0.2, 0) is 27.8 Å². The summed E-state index contributed by atoms with van der Waals surface area (Å²) in [7, 11) is 1.56. The van der Waals surface area contributed by atoms with E-state index in [1.54, 1.807) is 24.2 Å². The van der Waals surface area contributed by atoms with Crippen molar-refractivity contribution in [3.05, 3.63) is 58.7 Å². The molecule has 4 unspecified atom stereocenters. The molecule has 0 aliphatic heterocycles. The van der Waals surface area contributed by atoms with Crippen LogP contribution in [0.2, 0.25) is 0 Å². The number of phenols is 1. The number of ether oxygens (including phenoxy) is 1. The number of hydrogen-bond donors (Lipinski definition) is 3. The second-order valence-corrected chi connectivity index (χ2v) is 15.7. The minimum Gasteiger partial charge on any atom is -0.508 e. The van der Waals surface area contributed by atoms with Crippen LogP contribution in [0.3, 0.4) is 0 Å². The topological polar surface area (TPSA) is 87.7 Å². The van der Waals surface area contributed by atoms with E-state index in [0.717, 1.165) is 62.8 Å². The molecule has 2 aromatic rings. The highest BCUT2D eigenvalue weighted by Gasteiger charge is 2.51. The van der Waals surface area contributed by atoms with Gasteiger partial charge in [0.05, 0.1) is 0 Å². The van der Waals surface area contributed by atoms with E-state index >= 15 is 0 Å². The van der Waals surface area contributed by atoms with E-state index in [1.807, 2.05) is 6.07 Å². The van der Waals surface area contributed by atoms with E-state index in [0.29, 0.717) is 29.5 Å². The first kappa shape index (κ1) is 36.0. The Hall–Kier alpha value is -2.86. The average molecular weight is 633 g/mol. The quantitative estimate of drug-likeness (QED) is 0.214. The molecule has 0 radical (unpaired) electrons. The van der Waals surface area contributed by atoms with Gasteiger partial charge in [-0.25, -0.2) is 0 Å². The van der Waals surface area contributed by atoms with Crippen molar-refractivity contribution < 1.29 is 19.4 Å². The maximum atomic E-state index is 11.6. The van der Waals surface area contributed by atoms with Gasteiger partial charge in [0.25, 0.3) is 0 Å². The van der Waals surface area contributed by atoms with E-state index < -0.39 is 0 Å². The largest absolute Gasteiger partial charge is 0.508 e. The summed E-state index contributed by atoms with van der Waals surface area (Å²) in [6.45, 7) is 15.4. The van der Waals surface area contributed by atoms with Gasteiger partial charge in [-0.05, 0) is 126 Å². The Balaban J connectivity index is 0.000000190. The fourth-order valence-electron chi connectivity index (χ4n) is 9.37. The number of hydrogen-bond acceptors (Lipinski definition) is 5. The van der Waals surface area contributed by atoms with Gasteiger partial charge in [-0.3, -0.25) is 4.79 Å². The van der Waals surface area contributed by atoms with Crippen LogP contribution < -0.4 is 15.4 Å².